The van der Waals surface area contributed by atoms with E-state index >= 15 is 0 Å². The van der Waals surface area contributed by atoms with Crippen LogP contribution >= 0.6 is 0 Å². The molecule has 0 saturated heterocycles. The molecule has 0 atom stereocenters. The highest BCUT2D eigenvalue weighted by atomic mass is 16.5. The molecule has 0 radical (unpaired) electrons. The number of carbonyl (C=O) groups excluding carboxylic acids is 1. The SMILES string of the molecule is CCOC(=O)c1c(COC)ncc2c1c1cc(OCc3ccccc3)ccc1n2COC. The van der Waals surface area contributed by atoms with Gasteiger partial charge in [-0.25, -0.2) is 4.79 Å². The number of hydrogen-bond donors (Lipinski definition) is 0. The van der Waals surface area contributed by atoms with Gasteiger partial charge in [-0.15, -0.1) is 0 Å². The number of carbonyl (C=O) groups is 1. The molecular weight excluding hydrogens is 408 g/mol. The lowest BCUT2D eigenvalue weighted by Crippen LogP contribution is -2.11. The number of nitrogens with zero attached hydrogens (tertiary/aromatic N) is 2. The molecule has 0 saturated carbocycles. The van der Waals surface area contributed by atoms with Crippen molar-refractivity contribution in [3.63, 3.8) is 0 Å². The minimum absolute atomic E-state index is 0.200. The maximum absolute atomic E-state index is 13.0. The third kappa shape index (κ3) is 4.17. The Bertz CT molecular complexity index is 1230. The Morgan fingerprint density at radius 2 is 1.81 bits per heavy atom. The fourth-order valence-electron chi connectivity index (χ4n) is 3.87. The maximum Gasteiger partial charge on any atom is 0.340 e. The molecule has 0 amide bonds. The molecule has 0 bridgehead atoms. The highest BCUT2D eigenvalue weighted by molar-refractivity contribution is 6.17. The van der Waals surface area contributed by atoms with Crippen molar-refractivity contribution in [2.24, 2.45) is 0 Å². The molecule has 2 aromatic heterocycles. The van der Waals surface area contributed by atoms with Crippen LogP contribution in [-0.4, -0.2) is 36.3 Å². The van der Waals surface area contributed by atoms with Crippen LogP contribution in [0.2, 0.25) is 0 Å². The zero-order valence-corrected chi connectivity index (χ0v) is 18.5. The van der Waals surface area contributed by atoms with Gasteiger partial charge in [-0.3, -0.25) is 4.98 Å². The quantitative estimate of drug-likeness (QED) is 0.356. The van der Waals surface area contributed by atoms with Crippen molar-refractivity contribution in [2.45, 2.75) is 26.9 Å². The largest absolute Gasteiger partial charge is 0.489 e. The molecular formula is C25H26N2O5. The summed E-state index contributed by atoms with van der Waals surface area (Å²) >= 11 is 0. The topological polar surface area (TPSA) is 71.8 Å². The van der Waals surface area contributed by atoms with E-state index in [0.717, 1.165) is 27.4 Å². The summed E-state index contributed by atoms with van der Waals surface area (Å²) in [7, 11) is 3.21. The van der Waals surface area contributed by atoms with E-state index in [2.05, 4.69) is 4.98 Å². The lowest BCUT2D eigenvalue weighted by molar-refractivity contribution is 0.0523. The Labute approximate surface area is 186 Å². The molecule has 2 aromatic carbocycles. The third-order valence-corrected chi connectivity index (χ3v) is 5.22. The number of rotatable bonds is 9. The van der Waals surface area contributed by atoms with E-state index in [1.165, 1.54) is 0 Å². The molecule has 0 spiro atoms. The molecule has 32 heavy (non-hydrogen) atoms. The smallest absolute Gasteiger partial charge is 0.340 e. The number of hydrogen-bond acceptors (Lipinski definition) is 6. The summed E-state index contributed by atoms with van der Waals surface area (Å²) in [4.78, 5) is 17.5. The van der Waals surface area contributed by atoms with E-state index in [9.17, 15) is 4.79 Å². The molecule has 4 aromatic rings. The van der Waals surface area contributed by atoms with Crippen LogP contribution in [0, 0.1) is 0 Å². The first kappa shape index (κ1) is 21.8. The second kappa shape index (κ2) is 9.80. The Morgan fingerprint density at radius 3 is 2.53 bits per heavy atom. The van der Waals surface area contributed by atoms with Gasteiger partial charge in [0.1, 0.15) is 19.1 Å². The van der Waals surface area contributed by atoms with Gasteiger partial charge < -0.3 is 23.5 Å². The van der Waals surface area contributed by atoms with Crippen molar-refractivity contribution >= 4 is 27.8 Å². The van der Waals surface area contributed by atoms with Gasteiger partial charge >= 0.3 is 5.97 Å². The molecule has 0 fully saturated rings. The van der Waals surface area contributed by atoms with Crippen molar-refractivity contribution in [2.75, 3.05) is 20.8 Å². The molecule has 166 valence electrons. The summed E-state index contributed by atoms with van der Waals surface area (Å²) in [6, 6.07) is 15.8. The first-order valence-electron chi connectivity index (χ1n) is 10.4. The molecule has 4 rings (SSSR count). The van der Waals surface area contributed by atoms with Gasteiger partial charge in [-0.05, 0) is 30.7 Å². The van der Waals surface area contributed by atoms with Crippen LogP contribution in [0.1, 0.15) is 28.5 Å². The normalized spacial score (nSPS) is 11.2. The number of ether oxygens (including phenoxy) is 4. The van der Waals surface area contributed by atoms with Gasteiger partial charge in [0.05, 0.1) is 41.7 Å². The second-order valence-corrected chi connectivity index (χ2v) is 7.29. The van der Waals surface area contributed by atoms with Gasteiger partial charge in [0.15, 0.2) is 0 Å². The zero-order valence-electron chi connectivity index (χ0n) is 18.5. The maximum atomic E-state index is 13.0. The lowest BCUT2D eigenvalue weighted by Gasteiger charge is -2.10. The van der Waals surface area contributed by atoms with Crippen LogP contribution in [0.15, 0.2) is 54.7 Å². The van der Waals surface area contributed by atoms with Gasteiger partial charge in [0.2, 0.25) is 0 Å². The summed E-state index contributed by atoms with van der Waals surface area (Å²) in [5, 5.41) is 1.62. The van der Waals surface area contributed by atoms with Gasteiger partial charge in [0, 0.05) is 25.0 Å². The highest BCUT2D eigenvalue weighted by Gasteiger charge is 2.24. The van der Waals surface area contributed by atoms with E-state index in [1.807, 2.05) is 53.1 Å². The van der Waals surface area contributed by atoms with E-state index in [4.69, 9.17) is 18.9 Å². The number of pyridine rings is 1. The number of benzene rings is 2. The predicted octanol–water partition coefficient (Wildman–Crippen LogP) is 4.70. The predicted molar refractivity (Wildman–Crippen MR) is 122 cm³/mol. The molecule has 0 unspecified atom stereocenters. The second-order valence-electron chi connectivity index (χ2n) is 7.29. The summed E-state index contributed by atoms with van der Waals surface area (Å²) in [5.74, 6) is 0.280. The molecule has 7 heteroatoms. The number of methoxy groups -OCH3 is 2. The van der Waals surface area contributed by atoms with E-state index in [-0.39, 0.29) is 13.2 Å². The average molecular weight is 434 g/mol. The van der Waals surface area contributed by atoms with E-state index in [0.29, 0.717) is 30.3 Å². The molecule has 2 heterocycles. The summed E-state index contributed by atoms with van der Waals surface area (Å²) in [5.41, 5.74) is 3.71. The van der Waals surface area contributed by atoms with Crippen LogP contribution in [0.3, 0.4) is 0 Å². The van der Waals surface area contributed by atoms with Crippen molar-refractivity contribution in [1.82, 2.24) is 9.55 Å². The van der Waals surface area contributed by atoms with Gasteiger partial charge in [-0.1, -0.05) is 30.3 Å². The van der Waals surface area contributed by atoms with Crippen LogP contribution in [0.25, 0.3) is 21.8 Å². The standard InChI is InChI=1S/C25H26N2O5/c1-4-31-25(28)24-20(15-29-2)26-13-22-23(24)19-12-18(10-11-21(19)27(22)16-30-3)32-14-17-8-6-5-7-9-17/h5-13H,4,14-16H2,1-3H3. The number of fused-ring (bicyclic) bond motifs is 3. The summed E-state index contributed by atoms with van der Waals surface area (Å²) in [6.07, 6.45) is 1.75. The molecule has 0 N–H and O–H groups in total. The fourth-order valence-corrected chi connectivity index (χ4v) is 3.87. The molecule has 7 nitrogen and oxygen atoms in total. The Hall–Kier alpha value is -3.42. The monoisotopic (exact) mass is 434 g/mol. The van der Waals surface area contributed by atoms with Crippen LogP contribution in [-0.2, 0) is 34.2 Å². The van der Waals surface area contributed by atoms with E-state index in [1.54, 1.807) is 27.3 Å². The average Bonchev–Trinajstić information content (AvgIpc) is 3.12. The Morgan fingerprint density at radius 1 is 1.00 bits per heavy atom. The number of esters is 1. The van der Waals surface area contributed by atoms with Crippen molar-refractivity contribution < 1.29 is 23.7 Å². The van der Waals surface area contributed by atoms with Crippen LogP contribution in [0.4, 0.5) is 0 Å². The summed E-state index contributed by atoms with van der Waals surface area (Å²) in [6.45, 7) is 3.02. The van der Waals surface area contributed by atoms with Crippen molar-refractivity contribution in [3.05, 3.63) is 71.5 Å². The van der Waals surface area contributed by atoms with Gasteiger partial charge in [0.25, 0.3) is 0 Å². The Balaban J connectivity index is 1.89. The zero-order chi connectivity index (χ0) is 22.5. The third-order valence-electron chi connectivity index (χ3n) is 5.22. The Kier molecular flexibility index (Phi) is 6.68. The van der Waals surface area contributed by atoms with Crippen molar-refractivity contribution in [1.29, 1.82) is 0 Å². The molecule has 0 aliphatic heterocycles. The van der Waals surface area contributed by atoms with E-state index < -0.39 is 5.97 Å². The van der Waals surface area contributed by atoms with Crippen LogP contribution < -0.4 is 4.74 Å². The number of aromatic nitrogens is 2. The van der Waals surface area contributed by atoms with Crippen molar-refractivity contribution in [3.8, 4) is 5.75 Å². The molecule has 0 aliphatic rings. The van der Waals surface area contributed by atoms with Gasteiger partial charge in [-0.2, -0.15) is 0 Å². The fraction of sp³-hybridized carbons (Fsp3) is 0.280. The first-order chi connectivity index (χ1) is 15.7. The summed E-state index contributed by atoms with van der Waals surface area (Å²) < 4.78 is 24.1. The van der Waals surface area contributed by atoms with Crippen LogP contribution in [0.5, 0.6) is 5.75 Å². The highest BCUT2D eigenvalue weighted by Crippen LogP contribution is 2.35. The lowest BCUT2D eigenvalue weighted by atomic mass is 10.1. The molecule has 0 aliphatic carbocycles. The first-order valence-corrected chi connectivity index (χ1v) is 10.4. The minimum Gasteiger partial charge on any atom is -0.489 e. The minimum atomic E-state index is -0.426.